The predicted molar refractivity (Wildman–Crippen MR) is 45.4 cm³/mol. The van der Waals surface area contributed by atoms with Crippen molar-refractivity contribution >= 4 is 11.9 Å². The van der Waals surface area contributed by atoms with E-state index in [2.05, 4.69) is 0 Å². The Morgan fingerprint density at radius 1 is 1.31 bits per heavy atom. The Morgan fingerprint density at radius 2 is 1.75 bits per heavy atom. The van der Waals surface area contributed by atoms with Crippen LogP contribution in [0.3, 0.4) is 0 Å². The molecule has 2 N–H and O–H groups in total. The molecule has 16 heavy (non-hydrogen) atoms. The van der Waals surface area contributed by atoms with Crippen LogP contribution in [-0.2, 0) is 9.59 Å². The summed E-state index contributed by atoms with van der Waals surface area (Å²) in [4.78, 5) is 21.2. The summed E-state index contributed by atoms with van der Waals surface area (Å²) in [6.45, 7) is 1.66. The van der Waals surface area contributed by atoms with Crippen LogP contribution in [0, 0.1) is 5.41 Å². The standard InChI is InChI=1S/C8H11F4NO3/c1-7(2,6(15)16)3-13-5(14)8(11,12)4(9)10/h4H,3H2,1-2H3,(H,13,14)(H,15,16). The van der Waals surface area contributed by atoms with Crippen molar-refractivity contribution in [1.82, 2.24) is 5.32 Å². The molecule has 0 aromatic heterocycles. The molecule has 0 aromatic rings. The van der Waals surface area contributed by atoms with E-state index >= 15 is 0 Å². The predicted octanol–water partition coefficient (Wildman–Crippen LogP) is 1.11. The lowest BCUT2D eigenvalue weighted by Crippen LogP contribution is -2.49. The second-order valence-corrected chi connectivity index (χ2v) is 3.80. The molecule has 0 saturated heterocycles. The van der Waals surface area contributed by atoms with Gasteiger partial charge < -0.3 is 10.4 Å². The van der Waals surface area contributed by atoms with Gasteiger partial charge in [0.2, 0.25) is 0 Å². The Balaban J connectivity index is 4.45. The van der Waals surface area contributed by atoms with E-state index in [-0.39, 0.29) is 0 Å². The van der Waals surface area contributed by atoms with Crippen LogP contribution in [0.1, 0.15) is 13.8 Å². The normalized spacial score (nSPS) is 12.7. The zero-order valence-electron chi connectivity index (χ0n) is 8.56. The maximum atomic E-state index is 12.4. The summed E-state index contributed by atoms with van der Waals surface area (Å²) in [5.74, 6) is -8.33. The van der Waals surface area contributed by atoms with Crippen molar-refractivity contribution < 1.29 is 32.3 Å². The first-order valence-corrected chi connectivity index (χ1v) is 4.19. The van der Waals surface area contributed by atoms with Crippen LogP contribution in [0.15, 0.2) is 0 Å². The minimum Gasteiger partial charge on any atom is -0.481 e. The molecule has 0 radical (unpaired) electrons. The van der Waals surface area contributed by atoms with Gasteiger partial charge in [-0.2, -0.15) is 8.78 Å². The van der Waals surface area contributed by atoms with Gasteiger partial charge in [0.05, 0.1) is 5.41 Å². The van der Waals surface area contributed by atoms with Gasteiger partial charge in [0.25, 0.3) is 5.91 Å². The van der Waals surface area contributed by atoms with E-state index in [4.69, 9.17) is 5.11 Å². The number of rotatable bonds is 5. The molecule has 0 atom stereocenters. The molecule has 0 bridgehead atoms. The molecule has 0 fully saturated rings. The summed E-state index contributed by atoms with van der Waals surface area (Å²) in [5.41, 5.74) is -1.51. The van der Waals surface area contributed by atoms with Crippen LogP contribution < -0.4 is 5.32 Å². The molecule has 0 spiro atoms. The minimum absolute atomic E-state index is 0.663. The van der Waals surface area contributed by atoms with E-state index in [1.165, 1.54) is 5.32 Å². The number of carboxylic acid groups (broad SMARTS) is 1. The summed E-state index contributed by atoms with van der Waals surface area (Å²) in [6.07, 6.45) is -4.12. The monoisotopic (exact) mass is 245 g/mol. The first-order valence-electron chi connectivity index (χ1n) is 4.19. The fourth-order valence-electron chi connectivity index (χ4n) is 0.594. The lowest BCUT2D eigenvalue weighted by atomic mass is 9.94. The highest BCUT2D eigenvalue weighted by Gasteiger charge is 2.49. The topological polar surface area (TPSA) is 66.4 Å². The zero-order chi connectivity index (χ0) is 13.1. The molecule has 1 amide bonds. The van der Waals surface area contributed by atoms with Crippen LogP contribution in [0.5, 0.6) is 0 Å². The summed E-state index contributed by atoms with van der Waals surface area (Å²) in [5, 5.41) is 10.1. The lowest BCUT2D eigenvalue weighted by Gasteiger charge is -2.21. The molecule has 0 aliphatic heterocycles. The second-order valence-electron chi connectivity index (χ2n) is 3.80. The number of alkyl halides is 4. The van der Waals surface area contributed by atoms with Crippen molar-refractivity contribution in [1.29, 1.82) is 0 Å². The van der Waals surface area contributed by atoms with Crippen molar-refractivity contribution in [2.45, 2.75) is 26.2 Å². The average molecular weight is 245 g/mol. The number of hydrogen-bond acceptors (Lipinski definition) is 2. The Hall–Kier alpha value is -1.34. The maximum absolute atomic E-state index is 12.4. The molecule has 4 nitrogen and oxygen atoms in total. The quantitative estimate of drug-likeness (QED) is 0.713. The van der Waals surface area contributed by atoms with Crippen LogP contribution in [0.2, 0.25) is 0 Å². The smallest absolute Gasteiger partial charge is 0.383 e. The molecule has 0 aromatic carbocycles. The first kappa shape index (κ1) is 14.7. The highest BCUT2D eigenvalue weighted by molar-refractivity contribution is 5.84. The van der Waals surface area contributed by atoms with Crippen molar-refractivity contribution in [2.24, 2.45) is 5.41 Å². The van der Waals surface area contributed by atoms with Crippen LogP contribution in [0.4, 0.5) is 17.6 Å². The second kappa shape index (κ2) is 4.67. The van der Waals surface area contributed by atoms with Crippen molar-refractivity contribution in [2.75, 3.05) is 6.54 Å². The third kappa shape index (κ3) is 3.35. The van der Waals surface area contributed by atoms with Crippen molar-refractivity contribution in [3.8, 4) is 0 Å². The maximum Gasteiger partial charge on any atom is 0.383 e. The first-order chi connectivity index (χ1) is 7.01. The summed E-state index contributed by atoms with van der Waals surface area (Å²) < 4.78 is 48.2. The van der Waals surface area contributed by atoms with E-state index in [1.54, 1.807) is 0 Å². The summed E-state index contributed by atoms with van der Waals surface area (Å²) in [7, 11) is 0. The number of nitrogens with one attached hydrogen (secondary N) is 1. The van der Waals surface area contributed by atoms with Gasteiger partial charge in [-0.3, -0.25) is 9.59 Å². The lowest BCUT2D eigenvalue weighted by molar-refractivity contribution is -0.170. The highest BCUT2D eigenvalue weighted by Crippen LogP contribution is 2.23. The van der Waals surface area contributed by atoms with Crippen molar-refractivity contribution in [3.63, 3.8) is 0 Å². The van der Waals surface area contributed by atoms with Gasteiger partial charge in [0.15, 0.2) is 0 Å². The van der Waals surface area contributed by atoms with Gasteiger partial charge >= 0.3 is 18.3 Å². The van der Waals surface area contributed by atoms with E-state index in [9.17, 15) is 27.2 Å². The number of amides is 1. The van der Waals surface area contributed by atoms with Gasteiger partial charge in [0, 0.05) is 6.54 Å². The van der Waals surface area contributed by atoms with E-state index in [0.29, 0.717) is 0 Å². The SMILES string of the molecule is CC(C)(CNC(=O)C(F)(F)C(F)F)C(=O)O. The molecule has 94 valence electrons. The molecule has 0 rings (SSSR count). The van der Waals surface area contributed by atoms with Crippen molar-refractivity contribution in [3.05, 3.63) is 0 Å². The van der Waals surface area contributed by atoms with Crippen LogP contribution in [0.25, 0.3) is 0 Å². The number of carbonyl (C=O) groups excluding carboxylic acids is 1. The third-order valence-corrected chi connectivity index (χ3v) is 1.85. The fraction of sp³-hybridized carbons (Fsp3) is 0.750. The fourth-order valence-corrected chi connectivity index (χ4v) is 0.594. The zero-order valence-corrected chi connectivity index (χ0v) is 8.56. The Labute approximate surface area is 88.6 Å². The van der Waals surface area contributed by atoms with E-state index in [0.717, 1.165) is 13.8 Å². The van der Waals surface area contributed by atoms with E-state index < -0.39 is 36.2 Å². The molecule has 0 unspecified atom stereocenters. The van der Waals surface area contributed by atoms with Gasteiger partial charge in [-0.15, -0.1) is 0 Å². The minimum atomic E-state index is -4.81. The molecule has 0 aliphatic rings. The van der Waals surface area contributed by atoms with E-state index in [1.807, 2.05) is 0 Å². The molecule has 0 aliphatic carbocycles. The Bertz CT molecular complexity index is 291. The van der Waals surface area contributed by atoms with Gasteiger partial charge in [-0.1, -0.05) is 0 Å². The Morgan fingerprint density at radius 3 is 2.06 bits per heavy atom. The molecule has 0 heterocycles. The number of carbonyl (C=O) groups is 2. The molecular weight excluding hydrogens is 234 g/mol. The number of halogens is 4. The Kier molecular flexibility index (Phi) is 4.28. The third-order valence-electron chi connectivity index (χ3n) is 1.85. The van der Waals surface area contributed by atoms with Crippen LogP contribution >= 0.6 is 0 Å². The largest absolute Gasteiger partial charge is 0.481 e. The molecular formula is C8H11F4NO3. The summed E-state index contributed by atoms with van der Waals surface area (Å²) in [6, 6.07) is 0. The average Bonchev–Trinajstić information content (AvgIpc) is 2.13. The highest BCUT2D eigenvalue weighted by atomic mass is 19.3. The van der Waals surface area contributed by atoms with Gasteiger partial charge in [-0.25, -0.2) is 8.78 Å². The number of hydrogen-bond donors (Lipinski definition) is 2. The molecule has 0 saturated carbocycles. The van der Waals surface area contributed by atoms with Gasteiger partial charge in [-0.05, 0) is 13.8 Å². The summed E-state index contributed by atoms with van der Waals surface area (Å²) >= 11 is 0. The molecule has 8 heteroatoms. The number of carboxylic acids is 1. The van der Waals surface area contributed by atoms with Gasteiger partial charge in [0.1, 0.15) is 0 Å². The van der Waals surface area contributed by atoms with Crippen LogP contribution in [-0.4, -0.2) is 35.9 Å². The number of aliphatic carboxylic acids is 1.